The molecule has 0 aliphatic heterocycles. The maximum Gasteiger partial charge on any atom is 0.485 e. The minimum Gasteiger partial charge on any atom is -0.741 e. The molecule has 0 bridgehead atoms. The lowest BCUT2D eigenvalue weighted by Crippen LogP contribution is -2.21. The summed E-state index contributed by atoms with van der Waals surface area (Å²) in [5.74, 6) is 1.14. The largest absolute Gasteiger partial charge is 0.741 e. The van der Waals surface area contributed by atoms with Gasteiger partial charge < -0.3 is 4.55 Å². The molecule has 0 aliphatic carbocycles. The third-order valence-electron chi connectivity index (χ3n) is 2.24. The van der Waals surface area contributed by atoms with E-state index in [-0.39, 0.29) is 0 Å². The fourth-order valence-electron chi connectivity index (χ4n) is 1.28. The molecule has 9 heteroatoms. The average molecular weight is 370 g/mol. The zero-order valence-corrected chi connectivity index (χ0v) is 13.9. The van der Waals surface area contributed by atoms with Gasteiger partial charge in [-0.1, -0.05) is 18.2 Å². The Morgan fingerprint density at radius 1 is 1.23 bits per heavy atom. The van der Waals surface area contributed by atoms with Crippen LogP contribution >= 0.6 is 11.3 Å². The van der Waals surface area contributed by atoms with Gasteiger partial charge in [-0.25, -0.2) is 8.42 Å². The van der Waals surface area contributed by atoms with Crippen LogP contribution in [0.1, 0.15) is 10.4 Å². The Morgan fingerprint density at radius 3 is 2.18 bits per heavy atom. The lowest BCUT2D eigenvalue weighted by Gasteiger charge is -2.08. The van der Waals surface area contributed by atoms with Gasteiger partial charge in [-0.2, -0.15) is 13.2 Å². The van der Waals surface area contributed by atoms with Crippen LogP contribution in [0.3, 0.4) is 0 Å². The topological polar surface area (TPSA) is 57.2 Å². The van der Waals surface area contributed by atoms with Crippen molar-refractivity contribution in [3.63, 3.8) is 0 Å². The number of hydrogen-bond donors (Lipinski definition) is 0. The molecule has 1 aromatic heterocycles. The summed E-state index contributed by atoms with van der Waals surface area (Å²) in [7, 11) is -6.09. The molecule has 1 aromatic carbocycles. The summed E-state index contributed by atoms with van der Waals surface area (Å²) in [6.07, 6.45) is 0. The predicted molar refractivity (Wildman–Crippen MR) is 82.0 cm³/mol. The zero-order valence-electron chi connectivity index (χ0n) is 11.4. The molecule has 0 saturated carbocycles. The number of rotatable bonds is 3. The van der Waals surface area contributed by atoms with Gasteiger partial charge in [0.15, 0.2) is 15.0 Å². The molecule has 0 atom stereocenters. The predicted octanol–water partition coefficient (Wildman–Crippen LogP) is 3.48. The fourth-order valence-corrected chi connectivity index (χ4v) is 3.24. The van der Waals surface area contributed by atoms with Crippen molar-refractivity contribution in [2.24, 2.45) is 0 Å². The van der Waals surface area contributed by atoms with E-state index in [0.717, 1.165) is 5.75 Å². The van der Waals surface area contributed by atoms with Crippen LogP contribution in [-0.2, 0) is 27.6 Å². The highest BCUT2D eigenvalue weighted by molar-refractivity contribution is 7.86. The first-order valence-corrected chi connectivity index (χ1v) is 9.25. The zero-order chi connectivity index (χ0) is 16.8. The van der Waals surface area contributed by atoms with E-state index in [1.807, 2.05) is 11.3 Å². The van der Waals surface area contributed by atoms with E-state index in [2.05, 4.69) is 48.7 Å². The van der Waals surface area contributed by atoms with Crippen molar-refractivity contribution in [3.05, 3.63) is 52.2 Å². The highest BCUT2D eigenvalue weighted by Gasteiger charge is 2.36. The van der Waals surface area contributed by atoms with E-state index in [1.54, 1.807) is 0 Å². The summed E-state index contributed by atoms with van der Waals surface area (Å²) in [5, 5.41) is 2.22. The van der Waals surface area contributed by atoms with Gasteiger partial charge in [0.2, 0.25) is 0 Å². The van der Waals surface area contributed by atoms with Crippen molar-refractivity contribution in [1.82, 2.24) is 0 Å². The summed E-state index contributed by atoms with van der Waals surface area (Å²) in [6, 6.07) is 12.9. The van der Waals surface area contributed by atoms with Crippen molar-refractivity contribution < 1.29 is 26.1 Å². The molecule has 0 saturated heterocycles. The van der Waals surface area contributed by atoms with Gasteiger partial charge in [0.1, 0.15) is 5.75 Å². The second kappa shape index (κ2) is 8.00. The van der Waals surface area contributed by atoms with Crippen LogP contribution in [-0.4, -0.2) is 18.5 Å². The van der Waals surface area contributed by atoms with E-state index in [0.29, 0.717) is 0 Å². The molecule has 122 valence electrons. The minimum absolute atomic E-state index is 1.14. The van der Waals surface area contributed by atoms with Gasteiger partial charge in [-0.15, -0.1) is 11.3 Å². The molecule has 2 rings (SSSR count). The molecule has 0 fully saturated rings. The van der Waals surface area contributed by atoms with Crippen LogP contribution < -0.4 is 0 Å². The molecule has 0 spiro atoms. The highest BCUT2D eigenvalue weighted by Crippen LogP contribution is 2.20. The molecular formula is C13H13F3O3S3. The Bertz CT molecular complexity index is 679. The number of benzene rings is 1. The minimum atomic E-state index is -6.09. The number of alkyl halides is 3. The first-order valence-electron chi connectivity index (χ1n) is 5.88. The van der Waals surface area contributed by atoms with Crippen molar-refractivity contribution in [2.75, 3.05) is 0 Å². The van der Waals surface area contributed by atoms with Crippen molar-refractivity contribution in [3.8, 4) is 0 Å². The van der Waals surface area contributed by atoms with Gasteiger partial charge in [0, 0.05) is 11.8 Å². The summed E-state index contributed by atoms with van der Waals surface area (Å²) in [6.45, 7) is 2.15. The molecule has 1 heterocycles. The van der Waals surface area contributed by atoms with Crippen LogP contribution in [0.5, 0.6) is 0 Å². The van der Waals surface area contributed by atoms with E-state index in [1.165, 1.54) is 27.1 Å². The van der Waals surface area contributed by atoms with E-state index >= 15 is 0 Å². The molecule has 0 radical (unpaired) electrons. The van der Waals surface area contributed by atoms with Gasteiger partial charge >= 0.3 is 5.51 Å². The molecule has 0 unspecified atom stereocenters. The summed E-state index contributed by atoms with van der Waals surface area (Å²) in [5.41, 5.74) is -4.26. The van der Waals surface area contributed by atoms with Gasteiger partial charge in [0.25, 0.3) is 0 Å². The van der Waals surface area contributed by atoms with Crippen LogP contribution in [0.15, 0.2) is 46.7 Å². The number of aryl methyl sites for hydroxylation is 1. The molecule has 22 heavy (non-hydrogen) atoms. The van der Waals surface area contributed by atoms with Crippen LogP contribution in [0.2, 0.25) is 0 Å². The molecule has 0 N–H and O–H groups in total. The van der Waals surface area contributed by atoms with Crippen LogP contribution in [0.25, 0.3) is 0 Å². The Hall–Kier alpha value is -1.03. The Balaban J connectivity index is 0.000000261. The van der Waals surface area contributed by atoms with E-state index < -0.39 is 15.6 Å². The van der Waals surface area contributed by atoms with Crippen molar-refractivity contribution in [2.45, 2.75) is 23.1 Å². The first-order chi connectivity index (χ1) is 10.1. The Kier molecular flexibility index (Phi) is 6.92. The molecule has 0 amide bonds. The fraction of sp³-hybridized carbons (Fsp3) is 0.231. The van der Waals surface area contributed by atoms with Crippen LogP contribution in [0, 0.1) is 6.92 Å². The summed E-state index contributed by atoms with van der Waals surface area (Å²) < 4.78 is 58.9. The molecule has 0 aliphatic rings. The van der Waals surface area contributed by atoms with Gasteiger partial charge in [0.05, 0.1) is 4.88 Å². The van der Waals surface area contributed by atoms with Crippen molar-refractivity contribution >= 4 is 33.2 Å². The second-order valence-electron chi connectivity index (χ2n) is 4.14. The van der Waals surface area contributed by atoms with Gasteiger partial charge in [-0.05, 0) is 36.1 Å². The SMILES string of the molecule is Cc1csc(C[SH+]c2ccccc2)c1.O=S(=O)([O-])C(F)(F)F. The number of hydrogen-bond acceptors (Lipinski definition) is 4. The lowest BCUT2D eigenvalue weighted by molar-refractivity contribution is -0.0517. The molecule has 2 aromatic rings. The molecular weight excluding hydrogens is 357 g/mol. The van der Waals surface area contributed by atoms with Gasteiger partial charge in [-0.3, -0.25) is 0 Å². The maximum absolute atomic E-state index is 10.7. The Labute approximate surface area is 134 Å². The summed E-state index contributed by atoms with van der Waals surface area (Å²) in [4.78, 5) is 2.88. The lowest BCUT2D eigenvalue weighted by atomic mass is 10.4. The first kappa shape index (κ1) is 19.0. The number of thiol groups is 1. The highest BCUT2D eigenvalue weighted by atomic mass is 32.2. The van der Waals surface area contributed by atoms with E-state index in [9.17, 15) is 13.2 Å². The van der Waals surface area contributed by atoms with Crippen LogP contribution in [0.4, 0.5) is 13.2 Å². The Morgan fingerprint density at radius 2 is 1.77 bits per heavy atom. The maximum atomic E-state index is 10.7. The third-order valence-corrected chi connectivity index (χ3v) is 5.24. The number of thiophene rings is 1. The van der Waals surface area contributed by atoms with Crippen molar-refractivity contribution in [1.29, 1.82) is 0 Å². The standard InChI is InChI=1S/C12H12S2.CHF3O3S/c1-10-7-12(13-8-10)9-14-11-5-3-2-4-6-11;2-1(3,4)8(5,6)7/h2-8H,9H2,1H3;(H,5,6,7). The summed E-state index contributed by atoms with van der Waals surface area (Å²) >= 11 is 3.26. The molecule has 3 nitrogen and oxygen atoms in total. The second-order valence-corrected chi connectivity index (χ2v) is 7.66. The smallest absolute Gasteiger partial charge is 0.485 e. The van der Waals surface area contributed by atoms with E-state index in [4.69, 9.17) is 13.0 Å². The normalized spacial score (nSPS) is 11.7. The monoisotopic (exact) mass is 370 g/mol. The number of halogens is 3. The quantitative estimate of drug-likeness (QED) is 0.360. The average Bonchev–Trinajstić information content (AvgIpc) is 2.82. The third kappa shape index (κ3) is 6.82.